The number of hydrogen-bond acceptors (Lipinski definition) is 2. The van der Waals surface area contributed by atoms with E-state index in [-0.39, 0.29) is 11.5 Å². The Hall–Kier alpha value is -1.58. The van der Waals surface area contributed by atoms with Crippen LogP contribution in [0.25, 0.3) is 0 Å². The van der Waals surface area contributed by atoms with Crippen LogP contribution in [0, 0.1) is 5.92 Å². The van der Waals surface area contributed by atoms with Crippen molar-refractivity contribution in [1.82, 2.24) is 10.3 Å². The van der Waals surface area contributed by atoms with Crippen LogP contribution in [0.2, 0.25) is 0 Å². The summed E-state index contributed by atoms with van der Waals surface area (Å²) in [6.07, 6.45) is 6.41. The second-order valence-corrected chi connectivity index (χ2v) is 4.28. The standard InChI is InChI=1S/C12H16N2O2/c15-11-6-5-10(8-14-11)12(16)13-7-1-2-9-3-4-9/h5-6,8-9H,1-4,7H2,(H,13,16)(H,14,15). The van der Waals surface area contributed by atoms with Gasteiger partial charge in [-0.15, -0.1) is 0 Å². The summed E-state index contributed by atoms with van der Waals surface area (Å²) in [5.74, 6) is 0.789. The van der Waals surface area contributed by atoms with Gasteiger partial charge in [0.2, 0.25) is 5.56 Å². The van der Waals surface area contributed by atoms with Crippen LogP contribution in [0.4, 0.5) is 0 Å². The summed E-state index contributed by atoms with van der Waals surface area (Å²) in [6.45, 7) is 0.717. The molecule has 0 aromatic carbocycles. The third kappa shape index (κ3) is 3.22. The first kappa shape index (κ1) is 10.9. The molecule has 0 spiro atoms. The lowest BCUT2D eigenvalue weighted by molar-refractivity contribution is 0.0952. The maximum Gasteiger partial charge on any atom is 0.252 e. The molecule has 4 heteroatoms. The van der Waals surface area contributed by atoms with Crippen LogP contribution in [0.15, 0.2) is 23.1 Å². The average Bonchev–Trinajstić information content (AvgIpc) is 3.09. The molecule has 16 heavy (non-hydrogen) atoms. The number of aromatic nitrogens is 1. The van der Waals surface area contributed by atoms with E-state index in [1.165, 1.54) is 37.6 Å². The number of aromatic amines is 1. The molecule has 1 aromatic rings. The summed E-state index contributed by atoms with van der Waals surface area (Å²) in [6, 6.07) is 2.90. The molecule has 1 aromatic heterocycles. The molecule has 1 fully saturated rings. The number of rotatable bonds is 5. The van der Waals surface area contributed by atoms with Crippen LogP contribution in [-0.2, 0) is 0 Å². The van der Waals surface area contributed by atoms with Gasteiger partial charge in [0.1, 0.15) is 0 Å². The van der Waals surface area contributed by atoms with Crippen molar-refractivity contribution in [3.05, 3.63) is 34.2 Å². The Morgan fingerprint density at radius 1 is 1.44 bits per heavy atom. The van der Waals surface area contributed by atoms with Gasteiger partial charge in [0.25, 0.3) is 5.91 Å². The number of carbonyl (C=O) groups is 1. The topological polar surface area (TPSA) is 62.0 Å². The molecular formula is C12H16N2O2. The number of pyridine rings is 1. The Kier molecular flexibility index (Phi) is 3.39. The first-order valence-corrected chi connectivity index (χ1v) is 5.72. The van der Waals surface area contributed by atoms with Gasteiger partial charge >= 0.3 is 0 Å². The molecule has 1 heterocycles. The monoisotopic (exact) mass is 220 g/mol. The Bertz CT molecular complexity index is 401. The minimum Gasteiger partial charge on any atom is -0.352 e. The summed E-state index contributed by atoms with van der Waals surface area (Å²) in [5, 5.41) is 2.84. The molecule has 0 radical (unpaired) electrons. The number of H-pyrrole nitrogens is 1. The summed E-state index contributed by atoms with van der Waals surface area (Å²) in [7, 11) is 0. The highest BCUT2D eigenvalue weighted by Gasteiger charge is 2.20. The normalized spacial score (nSPS) is 14.8. The molecule has 86 valence electrons. The van der Waals surface area contributed by atoms with Gasteiger partial charge in [-0.25, -0.2) is 0 Å². The van der Waals surface area contributed by atoms with E-state index in [2.05, 4.69) is 10.3 Å². The first-order valence-electron chi connectivity index (χ1n) is 5.72. The van der Waals surface area contributed by atoms with Crippen molar-refractivity contribution in [2.24, 2.45) is 5.92 Å². The zero-order valence-electron chi connectivity index (χ0n) is 9.16. The van der Waals surface area contributed by atoms with E-state index in [1.54, 1.807) is 0 Å². The molecule has 1 aliphatic carbocycles. The summed E-state index contributed by atoms with van der Waals surface area (Å²) >= 11 is 0. The van der Waals surface area contributed by atoms with Crippen molar-refractivity contribution in [2.45, 2.75) is 25.7 Å². The van der Waals surface area contributed by atoms with E-state index in [0.717, 1.165) is 12.3 Å². The van der Waals surface area contributed by atoms with Crippen molar-refractivity contribution in [1.29, 1.82) is 0 Å². The van der Waals surface area contributed by atoms with Crippen LogP contribution in [0.5, 0.6) is 0 Å². The van der Waals surface area contributed by atoms with Crippen LogP contribution in [0.3, 0.4) is 0 Å². The van der Waals surface area contributed by atoms with E-state index in [1.807, 2.05) is 0 Å². The number of amides is 1. The molecule has 1 aliphatic rings. The van der Waals surface area contributed by atoms with Gasteiger partial charge < -0.3 is 10.3 Å². The predicted molar refractivity (Wildman–Crippen MR) is 61.4 cm³/mol. The maximum absolute atomic E-state index is 11.6. The van der Waals surface area contributed by atoms with Gasteiger partial charge in [-0.2, -0.15) is 0 Å². The quantitative estimate of drug-likeness (QED) is 0.734. The zero-order valence-corrected chi connectivity index (χ0v) is 9.16. The molecule has 2 rings (SSSR count). The smallest absolute Gasteiger partial charge is 0.252 e. The van der Waals surface area contributed by atoms with Gasteiger partial charge in [-0.1, -0.05) is 12.8 Å². The molecule has 0 bridgehead atoms. The molecule has 2 N–H and O–H groups in total. The van der Waals surface area contributed by atoms with E-state index < -0.39 is 0 Å². The second kappa shape index (κ2) is 4.96. The first-order chi connectivity index (χ1) is 7.75. The van der Waals surface area contributed by atoms with Crippen molar-refractivity contribution in [2.75, 3.05) is 6.54 Å². The van der Waals surface area contributed by atoms with Gasteiger partial charge in [-0.3, -0.25) is 9.59 Å². The number of hydrogen-bond donors (Lipinski definition) is 2. The van der Waals surface area contributed by atoms with Crippen LogP contribution in [-0.4, -0.2) is 17.4 Å². The molecule has 0 aliphatic heterocycles. The van der Waals surface area contributed by atoms with Crippen LogP contribution >= 0.6 is 0 Å². The average molecular weight is 220 g/mol. The minimum atomic E-state index is -0.190. The summed E-state index contributed by atoms with van der Waals surface area (Å²) in [5.41, 5.74) is 0.316. The number of carbonyl (C=O) groups excluding carboxylic acids is 1. The predicted octanol–water partition coefficient (Wildman–Crippen LogP) is 1.29. The van der Waals surface area contributed by atoms with Crippen molar-refractivity contribution < 1.29 is 4.79 Å². The SMILES string of the molecule is O=C(NCCCC1CC1)c1ccc(=O)[nH]c1. The lowest BCUT2D eigenvalue weighted by Crippen LogP contribution is -2.25. The lowest BCUT2D eigenvalue weighted by Gasteiger charge is -2.04. The van der Waals surface area contributed by atoms with E-state index >= 15 is 0 Å². The van der Waals surface area contributed by atoms with E-state index in [4.69, 9.17) is 0 Å². The zero-order chi connectivity index (χ0) is 11.4. The molecule has 0 unspecified atom stereocenters. The maximum atomic E-state index is 11.6. The highest BCUT2D eigenvalue weighted by atomic mass is 16.1. The third-order valence-electron chi connectivity index (χ3n) is 2.82. The fourth-order valence-corrected chi connectivity index (χ4v) is 1.65. The molecule has 4 nitrogen and oxygen atoms in total. The third-order valence-corrected chi connectivity index (χ3v) is 2.82. The molecule has 1 saturated carbocycles. The van der Waals surface area contributed by atoms with E-state index in [9.17, 15) is 9.59 Å². The van der Waals surface area contributed by atoms with Crippen molar-refractivity contribution >= 4 is 5.91 Å². The van der Waals surface area contributed by atoms with Crippen LogP contribution in [0.1, 0.15) is 36.0 Å². The second-order valence-electron chi connectivity index (χ2n) is 4.28. The molecule has 0 atom stereocenters. The highest BCUT2D eigenvalue weighted by molar-refractivity contribution is 5.93. The van der Waals surface area contributed by atoms with Gasteiger partial charge in [-0.05, 0) is 24.8 Å². The van der Waals surface area contributed by atoms with Gasteiger partial charge in [0.15, 0.2) is 0 Å². The summed E-state index contributed by atoms with van der Waals surface area (Å²) in [4.78, 5) is 24.9. The lowest BCUT2D eigenvalue weighted by atomic mass is 10.2. The molecule has 0 saturated heterocycles. The largest absolute Gasteiger partial charge is 0.352 e. The minimum absolute atomic E-state index is 0.118. The fraction of sp³-hybridized carbons (Fsp3) is 0.500. The molecular weight excluding hydrogens is 204 g/mol. The van der Waals surface area contributed by atoms with Crippen molar-refractivity contribution in [3.63, 3.8) is 0 Å². The van der Waals surface area contributed by atoms with Gasteiger partial charge in [0.05, 0.1) is 5.56 Å². The van der Waals surface area contributed by atoms with Gasteiger partial charge in [0, 0.05) is 18.8 Å². The van der Waals surface area contributed by atoms with E-state index in [0.29, 0.717) is 12.1 Å². The highest BCUT2D eigenvalue weighted by Crippen LogP contribution is 2.33. The molecule has 1 amide bonds. The van der Waals surface area contributed by atoms with Crippen molar-refractivity contribution in [3.8, 4) is 0 Å². The fourth-order valence-electron chi connectivity index (χ4n) is 1.65. The Morgan fingerprint density at radius 3 is 2.88 bits per heavy atom. The van der Waals surface area contributed by atoms with Crippen LogP contribution < -0.4 is 10.9 Å². The Balaban J connectivity index is 1.73. The number of nitrogens with one attached hydrogen (secondary N) is 2. The Morgan fingerprint density at radius 2 is 2.25 bits per heavy atom. The summed E-state index contributed by atoms with van der Waals surface area (Å²) < 4.78 is 0. The Labute approximate surface area is 94.1 Å².